The number of aromatic nitrogens is 2. The summed E-state index contributed by atoms with van der Waals surface area (Å²) in [4.78, 5) is 54.5. The van der Waals surface area contributed by atoms with Crippen LogP contribution in [0.4, 0.5) is 0 Å². The van der Waals surface area contributed by atoms with Crippen LogP contribution >= 0.6 is 11.6 Å². The van der Waals surface area contributed by atoms with Crippen LogP contribution in [0.5, 0.6) is 0 Å². The molecule has 5 aromatic rings. The fourth-order valence-corrected chi connectivity index (χ4v) is 14.8. The Morgan fingerprint density at radius 3 is 2.31 bits per heavy atom. The van der Waals surface area contributed by atoms with Gasteiger partial charge in [0.05, 0.1) is 52.4 Å². The van der Waals surface area contributed by atoms with Gasteiger partial charge in [-0.25, -0.2) is 0 Å². The molecule has 2 aliphatic carbocycles. The lowest BCUT2D eigenvalue weighted by Gasteiger charge is -2.39. The molecule has 7 aliphatic rings. The van der Waals surface area contributed by atoms with Gasteiger partial charge in [-0.05, 0) is 128 Å². The SMILES string of the molecule is CC(C)(C)[C@@H](C(=O)N1C[C@H](O)C[C@H]1C(=O)N[C@@H](CN1CCOCC1)c1ccc(-c2ccccc2)cc1)N1C=C(C2CCC(CN3CCC(c4ccc5c(c4)-n4c(nc(=O)c6c(Cl)cccc64)C54CCCCC4)CC3)CC2)NN1. The van der Waals surface area contributed by atoms with Gasteiger partial charge in [0.25, 0.3) is 5.56 Å². The quantitative estimate of drug-likeness (QED) is 0.0950. The molecule has 2 saturated carbocycles. The zero-order chi connectivity index (χ0) is 53.7. The minimum Gasteiger partial charge on any atom is -0.391 e. The number of carbonyl (C=O) groups is 2. The van der Waals surface area contributed by atoms with E-state index in [1.54, 1.807) is 11.0 Å². The molecule has 0 bridgehead atoms. The van der Waals surface area contributed by atoms with Gasteiger partial charge in [-0.15, -0.1) is 5.53 Å². The Hall–Kier alpha value is -5.61. The van der Waals surface area contributed by atoms with Crippen LogP contribution in [-0.2, 0) is 19.7 Å². The number of hydrogen-bond donors (Lipinski definition) is 4. The molecule has 5 fully saturated rings. The van der Waals surface area contributed by atoms with Crippen LogP contribution in [0.15, 0.2) is 108 Å². The Balaban J connectivity index is 0.670. The summed E-state index contributed by atoms with van der Waals surface area (Å²) in [6.45, 7) is 13.0. The Bertz CT molecular complexity index is 3080. The maximum absolute atomic E-state index is 15.0. The third kappa shape index (κ3) is 10.4. The summed E-state index contributed by atoms with van der Waals surface area (Å²) in [6, 6.07) is 29.8. The number of allylic oxidation sites excluding steroid dienone is 1. The maximum atomic E-state index is 15.0. The highest BCUT2D eigenvalue weighted by molar-refractivity contribution is 6.35. The second-order valence-corrected chi connectivity index (χ2v) is 25.2. The lowest BCUT2D eigenvalue weighted by atomic mass is 9.69. The number of halogens is 1. The van der Waals surface area contributed by atoms with Gasteiger partial charge in [0.15, 0.2) is 0 Å². The van der Waals surface area contributed by atoms with E-state index in [-0.39, 0.29) is 41.8 Å². The molecule has 1 aromatic heterocycles. The average Bonchev–Trinajstić information content (AvgIpc) is 4.38. The van der Waals surface area contributed by atoms with Crippen molar-refractivity contribution < 1.29 is 19.4 Å². The number of aliphatic hydroxyl groups is 1. The number of rotatable bonds is 12. The number of morpholine rings is 1. The summed E-state index contributed by atoms with van der Waals surface area (Å²) >= 11 is 6.67. The number of carbonyl (C=O) groups excluding carboxylic acids is 2. The number of piperidine rings is 1. The van der Waals surface area contributed by atoms with Gasteiger partial charge in [-0.2, -0.15) is 4.98 Å². The van der Waals surface area contributed by atoms with Gasteiger partial charge in [0.2, 0.25) is 11.8 Å². The van der Waals surface area contributed by atoms with Crippen molar-refractivity contribution in [3.63, 3.8) is 0 Å². The van der Waals surface area contributed by atoms with Crippen molar-refractivity contribution in [2.75, 3.05) is 59.0 Å². The second kappa shape index (κ2) is 22.1. The van der Waals surface area contributed by atoms with Crippen molar-refractivity contribution in [2.45, 2.75) is 133 Å². The molecule has 0 radical (unpaired) electrons. The number of β-amino-alcohol motifs (C(OH)–C–C–N with tert-alkyl or cyclic N) is 1. The molecular formula is C63H78ClN9O5. The van der Waals surface area contributed by atoms with Gasteiger partial charge < -0.3 is 30.4 Å². The number of nitrogens with zero attached hydrogens (tertiary/aromatic N) is 6. The van der Waals surface area contributed by atoms with E-state index >= 15 is 0 Å². The van der Waals surface area contributed by atoms with Crippen molar-refractivity contribution in [3.8, 4) is 16.8 Å². The van der Waals surface area contributed by atoms with Crippen molar-refractivity contribution >= 4 is 34.3 Å². The fourth-order valence-electron chi connectivity index (χ4n) is 14.6. The van der Waals surface area contributed by atoms with Crippen molar-refractivity contribution in [1.82, 2.24) is 45.5 Å². The van der Waals surface area contributed by atoms with Gasteiger partial charge in [-0.3, -0.25) is 28.9 Å². The van der Waals surface area contributed by atoms with E-state index < -0.39 is 23.6 Å². The molecule has 4 aromatic carbocycles. The number of hydrogen-bond acceptors (Lipinski definition) is 11. The smallest absolute Gasteiger partial charge is 0.282 e. The Morgan fingerprint density at radius 1 is 0.846 bits per heavy atom. The number of benzene rings is 4. The average molecular weight is 1080 g/mol. The zero-order valence-electron chi connectivity index (χ0n) is 45.8. The molecule has 78 heavy (non-hydrogen) atoms. The van der Waals surface area contributed by atoms with E-state index in [1.165, 1.54) is 23.2 Å². The first-order valence-electron chi connectivity index (χ1n) is 29.2. The standard InChI is InChI=1S/C63H78ClN9O5/c1-62(2,3)57(60(77)71-38-48(74)36-55(71)58(75)65-51(39-70-31-33-78-34-32-70)45-21-19-43(20-22-45)42-11-6-4-7-12-42)72-40-52(67-68-72)46-17-15-41(16-18-46)37-69-29-25-44(26-30-69)47-23-24-49-54(35-47)73-53-14-10-13-50(64)56(53)59(76)66-61(73)63(49)27-8-5-9-28-63/h4,6-7,10-14,19-24,35,40-41,44,46,48,51,55,57,67-68,74H,5,8-9,15-18,25-34,36-39H2,1-3H3,(H,65,75)/t41?,46?,48-,51+,55+,57-/m1/s1. The first-order chi connectivity index (χ1) is 37.8. The molecule has 412 valence electrons. The Morgan fingerprint density at radius 2 is 1.58 bits per heavy atom. The second-order valence-electron chi connectivity index (χ2n) is 24.8. The lowest BCUT2D eigenvalue weighted by Crippen LogP contribution is -2.59. The third-order valence-corrected chi connectivity index (χ3v) is 19.0. The summed E-state index contributed by atoms with van der Waals surface area (Å²) in [5, 5.41) is 17.4. The van der Waals surface area contributed by atoms with Crippen molar-refractivity contribution in [2.24, 2.45) is 17.3 Å². The van der Waals surface area contributed by atoms with Crippen LogP contribution in [0.25, 0.3) is 27.7 Å². The lowest BCUT2D eigenvalue weighted by molar-refractivity contribution is -0.146. The van der Waals surface area contributed by atoms with E-state index in [2.05, 4.69) is 112 Å². The number of hydrazine groups is 2. The molecule has 15 heteroatoms. The molecular weight excluding hydrogens is 998 g/mol. The predicted octanol–water partition coefficient (Wildman–Crippen LogP) is 8.99. The largest absolute Gasteiger partial charge is 0.391 e. The molecule has 12 rings (SSSR count). The summed E-state index contributed by atoms with van der Waals surface area (Å²) in [6.07, 6.45) is 13.7. The van der Waals surface area contributed by atoms with Crippen LogP contribution in [-0.4, -0.2) is 123 Å². The predicted molar refractivity (Wildman–Crippen MR) is 306 cm³/mol. The molecule has 4 N–H and O–H groups in total. The van der Waals surface area contributed by atoms with Crippen LogP contribution in [0.3, 0.4) is 0 Å². The van der Waals surface area contributed by atoms with E-state index in [0.717, 1.165) is 131 Å². The van der Waals surface area contributed by atoms with Gasteiger partial charge in [-0.1, -0.05) is 124 Å². The highest BCUT2D eigenvalue weighted by atomic mass is 35.5. The maximum Gasteiger partial charge on any atom is 0.282 e. The van der Waals surface area contributed by atoms with Crippen LogP contribution in [0, 0.1) is 17.3 Å². The van der Waals surface area contributed by atoms with E-state index in [1.807, 2.05) is 35.3 Å². The van der Waals surface area contributed by atoms with E-state index in [9.17, 15) is 19.5 Å². The zero-order valence-corrected chi connectivity index (χ0v) is 46.5. The number of amides is 2. The summed E-state index contributed by atoms with van der Waals surface area (Å²) in [5.74, 6) is 1.92. The summed E-state index contributed by atoms with van der Waals surface area (Å²) in [7, 11) is 0. The Kier molecular flexibility index (Phi) is 15.1. The monoisotopic (exact) mass is 1080 g/mol. The first-order valence-corrected chi connectivity index (χ1v) is 29.5. The molecule has 0 unspecified atom stereocenters. The molecule has 5 aliphatic heterocycles. The van der Waals surface area contributed by atoms with Crippen LogP contribution in [0.1, 0.15) is 132 Å². The summed E-state index contributed by atoms with van der Waals surface area (Å²) < 4.78 is 7.93. The molecule has 3 saturated heterocycles. The molecule has 4 atom stereocenters. The highest BCUT2D eigenvalue weighted by Crippen LogP contribution is 2.52. The normalized spacial score (nSPS) is 24.7. The number of ether oxygens (including phenoxy) is 1. The molecule has 14 nitrogen and oxygen atoms in total. The number of fused-ring (bicyclic) bond motifs is 7. The third-order valence-electron chi connectivity index (χ3n) is 18.7. The van der Waals surface area contributed by atoms with E-state index in [0.29, 0.717) is 47.9 Å². The van der Waals surface area contributed by atoms with Crippen LogP contribution < -0.4 is 21.8 Å². The van der Waals surface area contributed by atoms with Gasteiger partial charge in [0, 0.05) is 57.0 Å². The first kappa shape index (κ1) is 53.1. The number of nitrogens with one attached hydrogen (secondary N) is 3. The van der Waals surface area contributed by atoms with Crippen LogP contribution in [0.2, 0.25) is 5.02 Å². The van der Waals surface area contributed by atoms with Gasteiger partial charge in [0.1, 0.15) is 17.9 Å². The number of aliphatic hydroxyl groups excluding tert-OH is 1. The topological polar surface area (TPSA) is 148 Å². The minimum atomic E-state index is -0.812. The molecule has 6 heterocycles. The van der Waals surface area contributed by atoms with Gasteiger partial charge >= 0.3 is 0 Å². The summed E-state index contributed by atoms with van der Waals surface area (Å²) in [5.41, 5.74) is 14.9. The minimum absolute atomic E-state index is 0.0995. The van der Waals surface area contributed by atoms with Crippen molar-refractivity contribution in [3.05, 3.63) is 141 Å². The number of likely N-dealkylation sites (tertiary alicyclic amines) is 2. The Labute approximate surface area is 464 Å². The van der Waals surface area contributed by atoms with E-state index in [4.69, 9.17) is 21.3 Å². The fraction of sp³-hybridized carbons (Fsp3) is 0.524. The molecule has 2 amide bonds. The highest BCUT2D eigenvalue weighted by Gasteiger charge is 2.49. The van der Waals surface area contributed by atoms with Crippen molar-refractivity contribution in [1.29, 1.82) is 0 Å². The molecule has 1 spiro atoms.